The normalized spacial score (nSPS) is 13.5. The number of ether oxygens (including phenoxy) is 2. The van der Waals surface area contributed by atoms with Gasteiger partial charge in [0.05, 0.1) is 26.8 Å². The molecule has 1 atom stereocenters. The molecule has 0 saturated heterocycles. The Labute approximate surface area is 199 Å². The second kappa shape index (κ2) is 10.7. The second-order valence-electron chi connectivity index (χ2n) is 8.27. The van der Waals surface area contributed by atoms with Gasteiger partial charge in [-0.3, -0.25) is 9.59 Å². The van der Waals surface area contributed by atoms with Crippen molar-refractivity contribution < 1.29 is 19.1 Å². The van der Waals surface area contributed by atoms with Gasteiger partial charge in [-0.2, -0.15) is 0 Å². The summed E-state index contributed by atoms with van der Waals surface area (Å²) in [5, 5.41) is 9.14. The standard InChI is InChI=1S/C27H29N3O4/c1-33-23-13-7-19(8-14-23)26(18-3-4-18)30-25(31)17-28-21-9-5-20(6-10-21)27(32)29-22-11-15-24(34-2)16-12-22/h5-16,18,26,28H,3-4,17H2,1-2H3,(H,29,32)(H,30,31). The number of carbonyl (C=O) groups excluding carboxylic acids is 2. The van der Waals surface area contributed by atoms with Gasteiger partial charge < -0.3 is 25.4 Å². The number of hydrogen-bond acceptors (Lipinski definition) is 5. The number of rotatable bonds is 10. The lowest BCUT2D eigenvalue weighted by atomic mass is 10.0. The van der Waals surface area contributed by atoms with E-state index in [0.29, 0.717) is 17.2 Å². The van der Waals surface area contributed by atoms with Crippen LogP contribution in [0.5, 0.6) is 11.5 Å². The van der Waals surface area contributed by atoms with Crippen molar-refractivity contribution in [3.63, 3.8) is 0 Å². The molecule has 1 saturated carbocycles. The minimum atomic E-state index is -0.207. The van der Waals surface area contributed by atoms with Crippen molar-refractivity contribution >= 4 is 23.2 Å². The Morgan fingerprint density at radius 1 is 0.824 bits per heavy atom. The summed E-state index contributed by atoms with van der Waals surface area (Å²) in [6, 6.07) is 22.0. The molecular formula is C27H29N3O4. The quantitative estimate of drug-likeness (QED) is 0.411. The number of methoxy groups -OCH3 is 2. The van der Waals surface area contributed by atoms with Crippen LogP contribution in [0, 0.1) is 5.92 Å². The fourth-order valence-electron chi connectivity index (χ4n) is 3.74. The average Bonchev–Trinajstić information content (AvgIpc) is 3.72. The Hall–Kier alpha value is -4.00. The number of hydrogen-bond donors (Lipinski definition) is 3. The molecule has 0 spiro atoms. The van der Waals surface area contributed by atoms with Crippen molar-refractivity contribution in [2.75, 3.05) is 31.4 Å². The number of amides is 2. The van der Waals surface area contributed by atoms with E-state index in [-0.39, 0.29) is 24.4 Å². The average molecular weight is 460 g/mol. The minimum absolute atomic E-state index is 0.00392. The molecule has 7 nitrogen and oxygen atoms in total. The Bertz CT molecular complexity index is 1110. The summed E-state index contributed by atoms with van der Waals surface area (Å²) in [4.78, 5) is 25.1. The van der Waals surface area contributed by atoms with Crippen LogP contribution in [0.25, 0.3) is 0 Å². The van der Waals surface area contributed by atoms with Gasteiger partial charge in [0.1, 0.15) is 11.5 Å². The summed E-state index contributed by atoms with van der Waals surface area (Å²) in [7, 11) is 3.24. The summed E-state index contributed by atoms with van der Waals surface area (Å²) < 4.78 is 10.4. The van der Waals surface area contributed by atoms with E-state index in [0.717, 1.165) is 35.6 Å². The van der Waals surface area contributed by atoms with Crippen molar-refractivity contribution in [1.82, 2.24) is 5.32 Å². The highest BCUT2D eigenvalue weighted by atomic mass is 16.5. The van der Waals surface area contributed by atoms with E-state index in [2.05, 4.69) is 16.0 Å². The highest BCUT2D eigenvalue weighted by molar-refractivity contribution is 6.04. The van der Waals surface area contributed by atoms with E-state index in [1.165, 1.54) is 0 Å². The lowest BCUT2D eigenvalue weighted by Crippen LogP contribution is -2.34. The Morgan fingerprint density at radius 3 is 1.94 bits per heavy atom. The molecule has 1 fully saturated rings. The van der Waals surface area contributed by atoms with Crippen LogP contribution in [-0.4, -0.2) is 32.6 Å². The third-order valence-electron chi connectivity index (χ3n) is 5.83. The molecule has 3 aromatic carbocycles. The van der Waals surface area contributed by atoms with Gasteiger partial charge >= 0.3 is 0 Å². The van der Waals surface area contributed by atoms with E-state index in [1.807, 2.05) is 24.3 Å². The molecule has 7 heteroatoms. The maximum atomic E-state index is 12.6. The topological polar surface area (TPSA) is 88.7 Å². The minimum Gasteiger partial charge on any atom is -0.497 e. The molecule has 3 N–H and O–H groups in total. The first-order chi connectivity index (χ1) is 16.6. The highest BCUT2D eigenvalue weighted by Gasteiger charge is 2.33. The summed E-state index contributed by atoms with van der Waals surface area (Å²) in [6.45, 7) is 0.150. The Morgan fingerprint density at radius 2 is 1.38 bits per heavy atom. The van der Waals surface area contributed by atoms with Crippen molar-refractivity contribution in [2.45, 2.75) is 18.9 Å². The molecule has 4 rings (SSSR count). The summed E-state index contributed by atoms with van der Waals surface area (Å²) in [6.07, 6.45) is 2.23. The van der Waals surface area contributed by atoms with E-state index in [9.17, 15) is 9.59 Å². The predicted molar refractivity (Wildman–Crippen MR) is 132 cm³/mol. The predicted octanol–water partition coefficient (Wildman–Crippen LogP) is 4.64. The molecule has 2 amide bonds. The van der Waals surface area contributed by atoms with Gasteiger partial charge in [-0.1, -0.05) is 12.1 Å². The van der Waals surface area contributed by atoms with Gasteiger partial charge in [-0.15, -0.1) is 0 Å². The van der Waals surface area contributed by atoms with Gasteiger partial charge in [-0.25, -0.2) is 0 Å². The fourth-order valence-corrected chi connectivity index (χ4v) is 3.74. The Kier molecular flexibility index (Phi) is 7.32. The third-order valence-corrected chi connectivity index (χ3v) is 5.83. The smallest absolute Gasteiger partial charge is 0.255 e. The molecule has 3 aromatic rings. The van der Waals surface area contributed by atoms with E-state index < -0.39 is 0 Å². The van der Waals surface area contributed by atoms with Gasteiger partial charge in [0.2, 0.25) is 5.91 Å². The van der Waals surface area contributed by atoms with Crippen LogP contribution in [0.1, 0.15) is 34.8 Å². The fraction of sp³-hybridized carbons (Fsp3) is 0.259. The van der Waals surface area contributed by atoms with Gasteiger partial charge in [0.15, 0.2) is 0 Å². The summed E-state index contributed by atoms with van der Waals surface area (Å²) in [5.41, 5.74) is 3.07. The molecule has 0 heterocycles. The van der Waals surface area contributed by atoms with Crippen LogP contribution >= 0.6 is 0 Å². The molecule has 176 valence electrons. The number of anilines is 2. The lowest BCUT2D eigenvalue weighted by Gasteiger charge is -2.19. The van der Waals surface area contributed by atoms with E-state index in [4.69, 9.17) is 9.47 Å². The molecule has 1 aliphatic rings. The molecule has 34 heavy (non-hydrogen) atoms. The first-order valence-corrected chi connectivity index (χ1v) is 11.3. The van der Waals surface area contributed by atoms with Crippen molar-refractivity contribution in [3.8, 4) is 11.5 Å². The zero-order chi connectivity index (χ0) is 23.9. The SMILES string of the molecule is COc1ccc(NC(=O)c2ccc(NCC(=O)NC(c3ccc(OC)cc3)C3CC3)cc2)cc1. The maximum Gasteiger partial charge on any atom is 0.255 e. The molecule has 0 bridgehead atoms. The van der Waals surface area contributed by atoms with Crippen molar-refractivity contribution in [2.24, 2.45) is 5.92 Å². The van der Waals surface area contributed by atoms with Crippen LogP contribution in [0.15, 0.2) is 72.8 Å². The first-order valence-electron chi connectivity index (χ1n) is 11.3. The van der Waals surface area contributed by atoms with E-state index in [1.54, 1.807) is 62.8 Å². The molecule has 0 aliphatic heterocycles. The number of nitrogens with one attached hydrogen (secondary N) is 3. The molecule has 0 radical (unpaired) electrons. The maximum absolute atomic E-state index is 12.6. The zero-order valence-electron chi connectivity index (χ0n) is 19.3. The number of benzene rings is 3. The van der Waals surface area contributed by atoms with Crippen molar-refractivity contribution in [3.05, 3.63) is 83.9 Å². The monoisotopic (exact) mass is 459 g/mol. The van der Waals surface area contributed by atoms with Gasteiger partial charge in [0, 0.05) is 16.9 Å². The molecular weight excluding hydrogens is 430 g/mol. The zero-order valence-corrected chi connectivity index (χ0v) is 19.3. The summed E-state index contributed by atoms with van der Waals surface area (Å²) in [5.74, 6) is 1.72. The second-order valence-corrected chi connectivity index (χ2v) is 8.27. The van der Waals surface area contributed by atoms with E-state index >= 15 is 0 Å². The third kappa shape index (κ3) is 6.07. The largest absolute Gasteiger partial charge is 0.497 e. The van der Waals surface area contributed by atoms with Crippen LogP contribution in [0.3, 0.4) is 0 Å². The molecule has 1 aliphatic carbocycles. The van der Waals surface area contributed by atoms with Crippen LogP contribution in [0.2, 0.25) is 0 Å². The van der Waals surface area contributed by atoms with Crippen LogP contribution in [-0.2, 0) is 4.79 Å². The van der Waals surface area contributed by atoms with Crippen molar-refractivity contribution in [1.29, 1.82) is 0 Å². The Balaban J connectivity index is 1.28. The van der Waals surface area contributed by atoms with Gasteiger partial charge in [-0.05, 0) is 85.0 Å². The molecule has 0 aromatic heterocycles. The van der Waals surface area contributed by atoms with Crippen LogP contribution in [0.4, 0.5) is 11.4 Å². The van der Waals surface area contributed by atoms with Gasteiger partial charge in [0.25, 0.3) is 5.91 Å². The highest BCUT2D eigenvalue weighted by Crippen LogP contribution is 2.41. The van der Waals surface area contributed by atoms with Crippen LogP contribution < -0.4 is 25.4 Å². The summed E-state index contributed by atoms with van der Waals surface area (Å²) >= 11 is 0. The first kappa shape index (κ1) is 23.2. The number of carbonyl (C=O) groups is 2. The lowest BCUT2D eigenvalue weighted by molar-refractivity contribution is -0.120. The molecule has 1 unspecified atom stereocenters.